The number of benzene rings is 2. The minimum absolute atomic E-state index is 0.265. The summed E-state index contributed by atoms with van der Waals surface area (Å²) < 4.78 is 0. The number of carbonyl (C=O) groups is 1. The Kier molecular flexibility index (Phi) is 6.55. The van der Waals surface area contributed by atoms with E-state index in [-0.39, 0.29) is 5.56 Å². The third kappa shape index (κ3) is 5.23. The number of aromatic carboxylic acids is 1. The summed E-state index contributed by atoms with van der Waals surface area (Å²) >= 11 is 0. The van der Waals surface area contributed by atoms with Crippen LogP contribution in [-0.2, 0) is 17.9 Å². The maximum atomic E-state index is 10.8. The van der Waals surface area contributed by atoms with Gasteiger partial charge in [0.05, 0.1) is 11.3 Å². The second-order valence-corrected chi connectivity index (χ2v) is 5.75. The molecule has 0 fully saturated rings. The standard InChI is InChI=1S/C20H23NO3/c1-3-4-5-16-6-10-18(11-7-16)15(2)21-24-14-17-8-12-19(13-9-17)20(22)23/h6-13H,3-5,14H2,1-2H3,(H,22,23)/b21-15+. The first-order chi connectivity index (χ1) is 11.6. The van der Waals surface area contributed by atoms with Gasteiger partial charge >= 0.3 is 5.97 Å². The Morgan fingerprint density at radius 3 is 2.17 bits per heavy atom. The van der Waals surface area contributed by atoms with Gasteiger partial charge in [-0.15, -0.1) is 0 Å². The number of aryl methyl sites for hydroxylation is 1. The zero-order valence-electron chi connectivity index (χ0n) is 14.2. The molecule has 0 spiro atoms. The SMILES string of the molecule is CCCCc1ccc(/C(C)=N/OCc2ccc(C(=O)O)cc2)cc1. The highest BCUT2D eigenvalue weighted by Crippen LogP contribution is 2.10. The van der Waals surface area contributed by atoms with Crippen molar-refractivity contribution in [1.82, 2.24) is 0 Å². The van der Waals surface area contributed by atoms with Crippen molar-refractivity contribution in [2.75, 3.05) is 0 Å². The lowest BCUT2D eigenvalue weighted by Gasteiger charge is -2.05. The maximum absolute atomic E-state index is 10.8. The van der Waals surface area contributed by atoms with E-state index < -0.39 is 5.97 Å². The van der Waals surface area contributed by atoms with E-state index in [9.17, 15) is 4.79 Å². The number of carboxylic acids is 1. The van der Waals surface area contributed by atoms with Crippen LogP contribution in [0.5, 0.6) is 0 Å². The lowest BCUT2D eigenvalue weighted by molar-refractivity contribution is 0.0696. The van der Waals surface area contributed by atoms with Gasteiger partial charge in [-0.25, -0.2) is 4.79 Å². The molecule has 0 bridgehead atoms. The van der Waals surface area contributed by atoms with Gasteiger partial charge in [0.2, 0.25) is 0 Å². The van der Waals surface area contributed by atoms with Crippen molar-refractivity contribution >= 4 is 11.7 Å². The molecule has 24 heavy (non-hydrogen) atoms. The van der Waals surface area contributed by atoms with Gasteiger partial charge in [0.1, 0.15) is 6.61 Å². The van der Waals surface area contributed by atoms with Crippen molar-refractivity contribution in [2.24, 2.45) is 5.16 Å². The lowest BCUT2D eigenvalue weighted by atomic mass is 10.0. The molecule has 2 aromatic carbocycles. The predicted octanol–water partition coefficient (Wildman–Crippen LogP) is 4.67. The molecular formula is C20H23NO3. The number of oxime groups is 1. The number of nitrogens with zero attached hydrogens (tertiary/aromatic N) is 1. The Labute approximate surface area is 142 Å². The summed E-state index contributed by atoms with van der Waals surface area (Å²) in [7, 11) is 0. The average molecular weight is 325 g/mol. The Morgan fingerprint density at radius 2 is 1.58 bits per heavy atom. The van der Waals surface area contributed by atoms with Crippen molar-refractivity contribution in [3.63, 3.8) is 0 Å². The smallest absolute Gasteiger partial charge is 0.335 e. The molecule has 2 rings (SSSR count). The summed E-state index contributed by atoms with van der Waals surface area (Å²) in [6.07, 6.45) is 3.51. The minimum atomic E-state index is -0.932. The highest BCUT2D eigenvalue weighted by atomic mass is 16.6. The minimum Gasteiger partial charge on any atom is -0.478 e. The second kappa shape index (κ2) is 8.87. The first-order valence-corrected chi connectivity index (χ1v) is 8.18. The summed E-state index contributed by atoms with van der Waals surface area (Å²) in [6, 6.07) is 15.0. The van der Waals surface area contributed by atoms with Gasteiger partial charge in [0.15, 0.2) is 0 Å². The van der Waals surface area contributed by atoms with E-state index in [1.54, 1.807) is 24.3 Å². The highest BCUT2D eigenvalue weighted by molar-refractivity contribution is 5.98. The molecule has 0 heterocycles. The summed E-state index contributed by atoms with van der Waals surface area (Å²) in [5.41, 5.74) is 4.34. The molecule has 126 valence electrons. The molecule has 2 aromatic rings. The number of hydrogen-bond acceptors (Lipinski definition) is 3. The van der Waals surface area contributed by atoms with Crippen LogP contribution >= 0.6 is 0 Å². The number of rotatable bonds is 8. The Hall–Kier alpha value is -2.62. The van der Waals surface area contributed by atoms with Gasteiger partial charge < -0.3 is 9.94 Å². The van der Waals surface area contributed by atoms with Crippen molar-refractivity contribution in [1.29, 1.82) is 0 Å². The summed E-state index contributed by atoms with van der Waals surface area (Å²) in [5.74, 6) is -0.932. The van der Waals surface area contributed by atoms with Crippen LogP contribution in [0.15, 0.2) is 53.7 Å². The number of carboxylic acid groups (broad SMARTS) is 1. The molecule has 1 N–H and O–H groups in total. The van der Waals surface area contributed by atoms with Crippen molar-refractivity contribution in [2.45, 2.75) is 39.7 Å². The lowest BCUT2D eigenvalue weighted by Crippen LogP contribution is -1.98. The normalized spacial score (nSPS) is 11.3. The molecule has 0 atom stereocenters. The fourth-order valence-corrected chi connectivity index (χ4v) is 2.29. The van der Waals surface area contributed by atoms with Crippen molar-refractivity contribution in [3.8, 4) is 0 Å². The van der Waals surface area contributed by atoms with E-state index in [2.05, 4.69) is 36.3 Å². The van der Waals surface area contributed by atoms with Crippen LogP contribution in [0.4, 0.5) is 0 Å². The first-order valence-electron chi connectivity index (χ1n) is 8.18. The number of unbranched alkanes of at least 4 members (excludes halogenated alkanes) is 1. The van der Waals surface area contributed by atoms with Crippen LogP contribution in [0, 0.1) is 0 Å². The molecule has 0 radical (unpaired) electrons. The maximum Gasteiger partial charge on any atom is 0.335 e. The topological polar surface area (TPSA) is 58.9 Å². The van der Waals surface area contributed by atoms with Crippen LogP contribution in [0.3, 0.4) is 0 Å². The van der Waals surface area contributed by atoms with Gasteiger partial charge in [-0.3, -0.25) is 0 Å². The fourth-order valence-electron chi connectivity index (χ4n) is 2.29. The third-order valence-electron chi connectivity index (χ3n) is 3.82. The van der Waals surface area contributed by atoms with E-state index in [1.165, 1.54) is 18.4 Å². The van der Waals surface area contributed by atoms with E-state index in [4.69, 9.17) is 9.94 Å². The van der Waals surface area contributed by atoms with E-state index in [1.807, 2.05) is 6.92 Å². The summed E-state index contributed by atoms with van der Waals surface area (Å²) in [6.45, 7) is 4.41. The van der Waals surface area contributed by atoms with Gasteiger partial charge in [-0.2, -0.15) is 0 Å². The van der Waals surface area contributed by atoms with Crippen LogP contribution in [0.2, 0.25) is 0 Å². The molecule has 0 saturated heterocycles. The van der Waals surface area contributed by atoms with Gasteiger partial charge in [-0.1, -0.05) is 54.9 Å². The zero-order chi connectivity index (χ0) is 17.4. The molecule has 0 amide bonds. The van der Waals surface area contributed by atoms with E-state index in [0.29, 0.717) is 6.61 Å². The van der Waals surface area contributed by atoms with Crippen LogP contribution < -0.4 is 0 Å². The molecule has 0 aromatic heterocycles. The van der Waals surface area contributed by atoms with Crippen LogP contribution in [-0.4, -0.2) is 16.8 Å². The Balaban J connectivity index is 1.90. The molecule has 0 aliphatic heterocycles. The van der Waals surface area contributed by atoms with Crippen LogP contribution in [0.25, 0.3) is 0 Å². The molecule has 0 unspecified atom stereocenters. The van der Waals surface area contributed by atoms with E-state index >= 15 is 0 Å². The Morgan fingerprint density at radius 1 is 1.00 bits per heavy atom. The van der Waals surface area contributed by atoms with Gasteiger partial charge in [0, 0.05) is 0 Å². The first kappa shape index (κ1) is 17.7. The number of hydrogen-bond donors (Lipinski definition) is 1. The summed E-state index contributed by atoms with van der Waals surface area (Å²) in [5, 5.41) is 13.0. The molecular weight excluding hydrogens is 302 g/mol. The quantitative estimate of drug-likeness (QED) is 0.567. The molecule has 4 heteroatoms. The second-order valence-electron chi connectivity index (χ2n) is 5.75. The highest BCUT2D eigenvalue weighted by Gasteiger charge is 2.02. The summed E-state index contributed by atoms with van der Waals surface area (Å²) in [4.78, 5) is 16.2. The van der Waals surface area contributed by atoms with Crippen molar-refractivity contribution < 1.29 is 14.7 Å². The zero-order valence-corrected chi connectivity index (χ0v) is 14.2. The van der Waals surface area contributed by atoms with Crippen LogP contribution in [0.1, 0.15) is 53.7 Å². The molecule has 0 aliphatic rings. The molecule has 0 saturated carbocycles. The predicted molar refractivity (Wildman–Crippen MR) is 95.5 cm³/mol. The van der Waals surface area contributed by atoms with Crippen molar-refractivity contribution in [3.05, 3.63) is 70.8 Å². The fraction of sp³-hybridized carbons (Fsp3) is 0.300. The van der Waals surface area contributed by atoms with Gasteiger partial charge in [-0.05, 0) is 48.6 Å². The largest absolute Gasteiger partial charge is 0.478 e. The van der Waals surface area contributed by atoms with E-state index in [0.717, 1.165) is 23.3 Å². The molecule has 0 aliphatic carbocycles. The monoisotopic (exact) mass is 325 g/mol. The Bertz CT molecular complexity index is 688. The average Bonchev–Trinajstić information content (AvgIpc) is 2.60. The third-order valence-corrected chi connectivity index (χ3v) is 3.82. The molecule has 4 nitrogen and oxygen atoms in total. The van der Waals surface area contributed by atoms with Gasteiger partial charge in [0.25, 0.3) is 0 Å².